The van der Waals surface area contributed by atoms with Crippen LogP contribution in [0.25, 0.3) is 0 Å². The number of hydrogen-bond donors (Lipinski definition) is 7. The molecule has 1 fully saturated rings. The highest BCUT2D eigenvalue weighted by atomic mass is 16.4. The standard InChI is InChI=1S/C21H35N5O9/c22-10-2-1-4-13(24-18(31)12(23)6-8-16(27)28)20(33)26-11-3-5-15(26)19(32)25-14(21(34)35)7-9-17(29)30/h12-15H,1-11,22-23H2,(H,24,31)(H,25,32)(H,27,28)(H,29,30)(H,34,35). The van der Waals surface area contributed by atoms with Crippen LogP contribution in [-0.2, 0) is 28.8 Å². The van der Waals surface area contributed by atoms with Gasteiger partial charge in [-0.05, 0) is 51.5 Å². The van der Waals surface area contributed by atoms with Crippen molar-refractivity contribution in [1.82, 2.24) is 15.5 Å². The number of carbonyl (C=O) groups is 6. The van der Waals surface area contributed by atoms with E-state index < -0.39 is 66.2 Å². The van der Waals surface area contributed by atoms with Crippen LogP contribution < -0.4 is 22.1 Å². The lowest BCUT2D eigenvalue weighted by atomic mass is 10.1. The lowest BCUT2D eigenvalue weighted by molar-refractivity contribution is -0.145. The minimum Gasteiger partial charge on any atom is -0.481 e. The number of nitrogens with zero attached hydrogens (tertiary/aromatic N) is 1. The molecule has 14 heteroatoms. The summed E-state index contributed by atoms with van der Waals surface area (Å²) >= 11 is 0. The summed E-state index contributed by atoms with van der Waals surface area (Å²) < 4.78 is 0. The van der Waals surface area contributed by atoms with Crippen molar-refractivity contribution in [1.29, 1.82) is 0 Å². The minimum absolute atomic E-state index is 0.119. The molecule has 0 aliphatic carbocycles. The quantitative estimate of drug-likeness (QED) is 0.116. The van der Waals surface area contributed by atoms with Crippen LogP contribution in [0.1, 0.15) is 57.8 Å². The number of carbonyl (C=O) groups excluding carboxylic acids is 3. The fourth-order valence-electron chi connectivity index (χ4n) is 3.74. The van der Waals surface area contributed by atoms with Gasteiger partial charge in [0.25, 0.3) is 0 Å². The number of carboxylic acids is 3. The van der Waals surface area contributed by atoms with E-state index in [1.165, 1.54) is 4.90 Å². The number of hydrogen-bond acceptors (Lipinski definition) is 8. The van der Waals surface area contributed by atoms with Gasteiger partial charge in [0.15, 0.2) is 0 Å². The maximum Gasteiger partial charge on any atom is 0.326 e. The number of rotatable bonds is 16. The van der Waals surface area contributed by atoms with Crippen molar-refractivity contribution in [2.24, 2.45) is 11.5 Å². The van der Waals surface area contributed by atoms with Crippen LogP contribution >= 0.6 is 0 Å². The predicted octanol–water partition coefficient (Wildman–Crippen LogP) is -1.78. The van der Waals surface area contributed by atoms with Crippen LogP contribution in [-0.4, -0.2) is 93.1 Å². The summed E-state index contributed by atoms with van der Waals surface area (Å²) in [6.45, 7) is 0.576. The fraction of sp³-hybridized carbons (Fsp3) is 0.714. The Morgan fingerprint density at radius 1 is 0.886 bits per heavy atom. The molecule has 14 nitrogen and oxygen atoms in total. The van der Waals surface area contributed by atoms with Crippen LogP contribution in [0.4, 0.5) is 0 Å². The number of likely N-dealkylation sites (tertiary alicyclic amines) is 1. The van der Waals surface area contributed by atoms with E-state index in [0.717, 1.165) is 0 Å². The van der Waals surface area contributed by atoms with Crippen LogP contribution in [0.2, 0.25) is 0 Å². The maximum absolute atomic E-state index is 13.3. The molecule has 1 rings (SSSR count). The molecular weight excluding hydrogens is 466 g/mol. The van der Waals surface area contributed by atoms with E-state index in [1.807, 2.05) is 0 Å². The van der Waals surface area contributed by atoms with Crippen molar-refractivity contribution in [3.05, 3.63) is 0 Å². The zero-order valence-corrected chi connectivity index (χ0v) is 19.5. The van der Waals surface area contributed by atoms with Gasteiger partial charge in [-0.15, -0.1) is 0 Å². The van der Waals surface area contributed by atoms with Gasteiger partial charge < -0.3 is 42.3 Å². The Morgan fingerprint density at radius 2 is 1.51 bits per heavy atom. The molecule has 1 aliphatic rings. The minimum atomic E-state index is -1.43. The van der Waals surface area contributed by atoms with Gasteiger partial charge in [-0.3, -0.25) is 24.0 Å². The third-order valence-electron chi connectivity index (χ3n) is 5.67. The molecule has 35 heavy (non-hydrogen) atoms. The first-order valence-electron chi connectivity index (χ1n) is 11.5. The molecule has 9 N–H and O–H groups in total. The van der Waals surface area contributed by atoms with E-state index in [-0.39, 0.29) is 38.6 Å². The lowest BCUT2D eigenvalue weighted by Crippen LogP contribution is -2.56. The van der Waals surface area contributed by atoms with E-state index in [1.54, 1.807) is 0 Å². The van der Waals surface area contributed by atoms with E-state index in [9.17, 15) is 33.9 Å². The van der Waals surface area contributed by atoms with Crippen molar-refractivity contribution in [3.63, 3.8) is 0 Å². The highest BCUT2D eigenvalue weighted by Gasteiger charge is 2.39. The van der Waals surface area contributed by atoms with Crippen molar-refractivity contribution >= 4 is 35.6 Å². The molecule has 1 aliphatic heterocycles. The molecule has 3 amide bonds. The number of aliphatic carboxylic acids is 3. The van der Waals surface area contributed by atoms with E-state index in [0.29, 0.717) is 25.8 Å². The van der Waals surface area contributed by atoms with Crippen LogP contribution in [0, 0.1) is 0 Å². The average molecular weight is 502 g/mol. The van der Waals surface area contributed by atoms with Gasteiger partial charge in [-0.25, -0.2) is 4.79 Å². The highest BCUT2D eigenvalue weighted by Crippen LogP contribution is 2.20. The summed E-state index contributed by atoms with van der Waals surface area (Å²) in [4.78, 5) is 72.7. The highest BCUT2D eigenvalue weighted by molar-refractivity contribution is 5.94. The van der Waals surface area contributed by atoms with E-state index >= 15 is 0 Å². The molecule has 0 aromatic carbocycles. The van der Waals surface area contributed by atoms with Gasteiger partial charge in [0.05, 0.1) is 6.04 Å². The normalized spacial score (nSPS) is 17.8. The van der Waals surface area contributed by atoms with Crippen molar-refractivity contribution in [2.45, 2.75) is 82.0 Å². The van der Waals surface area contributed by atoms with E-state index in [2.05, 4.69) is 10.6 Å². The third kappa shape index (κ3) is 10.3. The van der Waals surface area contributed by atoms with E-state index in [4.69, 9.17) is 21.7 Å². The van der Waals surface area contributed by atoms with Crippen molar-refractivity contribution in [2.75, 3.05) is 13.1 Å². The molecule has 0 saturated carbocycles. The Kier molecular flexibility index (Phi) is 12.7. The van der Waals surface area contributed by atoms with Gasteiger partial charge in [0.2, 0.25) is 17.7 Å². The van der Waals surface area contributed by atoms with Gasteiger partial charge >= 0.3 is 17.9 Å². The number of carboxylic acid groups (broad SMARTS) is 3. The van der Waals surface area contributed by atoms with Crippen LogP contribution in [0.5, 0.6) is 0 Å². The van der Waals surface area contributed by atoms with Crippen molar-refractivity contribution < 1.29 is 44.1 Å². The number of nitrogens with one attached hydrogen (secondary N) is 2. The SMILES string of the molecule is NCCCCC(NC(=O)C(N)CCC(=O)O)C(=O)N1CCCC1C(=O)NC(CCC(=O)O)C(=O)O. The summed E-state index contributed by atoms with van der Waals surface area (Å²) in [5.74, 6) is -5.68. The summed E-state index contributed by atoms with van der Waals surface area (Å²) in [5.41, 5.74) is 11.3. The predicted molar refractivity (Wildman–Crippen MR) is 121 cm³/mol. The molecule has 0 aromatic rings. The molecule has 0 aromatic heterocycles. The third-order valence-corrected chi connectivity index (χ3v) is 5.67. The number of nitrogens with two attached hydrogens (primary N) is 2. The zero-order chi connectivity index (χ0) is 26.5. The smallest absolute Gasteiger partial charge is 0.326 e. The molecule has 198 valence electrons. The molecule has 4 atom stereocenters. The second-order valence-electron chi connectivity index (χ2n) is 8.41. The van der Waals surface area contributed by atoms with Gasteiger partial charge in [0.1, 0.15) is 18.1 Å². The Morgan fingerprint density at radius 3 is 2.09 bits per heavy atom. The summed E-state index contributed by atoms with van der Waals surface area (Å²) in [5, 5.41) is 31.7. The first-order chi connectivity index (χ1) is 16.5. The molecule has 0 radical (unpaired) electrons. The second-order valence-corrected chi connectivity index (χ2v) is 8.41. The first-order valence-corrected chi connectivity index (χ1v) is 11.5. The number of amides is 3. The first kappa shape index (κ1) is 29.8. The molecule has 0 bridgehead atoms. The summed E-state index contributed by atoms with van der Waals surface area (Å²) in [6, 6.07) is -4.58. The molecular formula is C21H35N5O9. The lowest BCUT2D eigenvalue weighted by Gasteiger charge is -2.30. The molecule has 1 saturated heterocycles. The maximum atomic E-state index is 13.3. The van der Waals surface area contributed by atoms with Gasteiger partial charge in [-0.1, -0.05) is 0 Å². The fourth-order valence-corrected chi connectivity index (χ4v) is 3.74. The molecule has 0 spiro atoms. The zero-order valence-electron chi connectivity index (χ0n) is 19.5. The molecule has 1 heterocycles. The van der Waals surface area contributed by atoms with Gasteiger partial charge in [0, 0.05) is 19.4 Å². The Bertz CT molecular complexity index is 791. The van der Waals surface area contributed by atoms with Gasteiger partial charge in [-0.2, -0.15) is 0 Å². The Balaban J connectivity index is 2.92. The number of unbranched alkanes of at least 4 members (excludes halogenated alkanes) is 1. The topological polar surface area (TPSA) is 242 Å². The Labute approximate surface area is 202 Å². The van der Waals surface area contributed by atoms with Crippen LogP contribution in [0.3, 0.4) is 0 Å². The summed E-state index contributed by atoms with van der Waals surface area (Å²) in [6.07, 6.45) is 0.827. The monoisotopic (exact) mass is 501 g/mol. The second kappa shape index (κ2) is 14.9. The van der Waals surface area contributed by atoms with Crippen molar-refractivity contribution in [3.8, 4) is 0 Å². The summed E-state index contributed by atoms with van der Waals surface area (Å²) in [7, 11) is 0. The average Bonchev–Trinajstić information content (AvgIpc) is 3.28. The largest absolute Gasteiger partial charge is 0.481 e. The Hall–Kier alpha value is -3.26. The van der Waals surface area contributed by atoms with Crippen LogP contribution in [0.15, 0.2) is 0 Å². The molecule has 4 unspecified atom stereocenters.